The molecule has 0 spiro atoms. The molecule has 0 amide bonds. The SMILES string of the molecule is COc1ccc(-c2nc(CN3CCCC3c3ccc(OC)cc3)co2)cc1. The average molecular weight is 364 g/mol. The smallest absolute Gasteiger partial charge is 0.226 e. The Labute approximate surface area is 159 Å². The Morgan fingerprint density at radius 1 is 1.00 bits per heavy atom. The minimum Gasteiger partial charge on any atom is -0.497 e. The fraction of sp³-hybridized carbons (Fsp3) is 0.318. The van der Waals surface area contributed by atoms with Crippen molar-refractivity contribution >= 4 is 0 Å². The predicted molar refractivity (Wildman–Crippen MR) is 104 cm³/mol. The zero-order valence-electron chi connectivity index (χ0n) is 15.7. The molecule has 1 unspecified atom stereocenters. The lowest BCUT2D eigenvalue weighted by molar-refractivity contribution is 0.245. The van der Waals surface area contributed by atoms with E-state index in [0.717, 1.165) is 42.3 Å². The summed E-state index contributed by atoms with van der Waals surface area (Å²) in [5.41, 5.74) is 3.24. The number of ether oxygens (including phenoxy) is 2. The summed E-state index contributed by atoms with van der Waals surface area (Å²) >= 11 is 0. The van der Waals surface area contributed by atoms with Crippen LogP contribution in [-0.4, -0.2) is 30.6 Å². The van der Waals surface area contributed by atoms with Gasteiger partial charge in [0.15, 0.2) is 0 Å². The first-order valence-electron chi connectivity index (χ1n) is 9.23. The van der Waals surface area contributed by atoms with Gasteiger partial charge >= 0.3 is 0 Å². The van der Waals surface area contributed by atoms with Gasteiger partial charge in [-0.2, -0.15) is 0 Å². The monoisotopic (exact) mass is 364 g/mol. The highest BCUT2D eigenvalue weighted by Crippen LogP contribution is 2.34. The maximum Gasteiger partial charge on any atom is 0.226 e. The lowest BCUT2D eigenvalue weighted by Crippen LogP contribution is -2.22. The highest BCUT2D eigenvalue weighted by Gasteiger charge is 2.26. The molecule has 1 aromatic heterocycles. The third-order valence-electron chi connectivity index (χ3n) is 5.12. The molecule has 0 bridgehead atoms. The van der Waals surface area contributed by atoms with Crippen molar-refractivity contribution in [1.29, 1.82) is 0 Å². The van der Waals surface area contributed by atoms with Gasteiger partial charge in [0.1, 0.15) is 17.8 Å². The summed E-state index contributed by atoms with van der Waals surface area (Å²) in [6.45, 7) is 1.86. The number of likely N-dealkylation sites (tertiary alicyclic amines) is 1. The van der Waals surface area contributed by atoms with Gasteiger partial charge in [-0.3, -0.25) is 4.90 Å². The average Bonchev–Trinajstić information content (AvgIpc) is 3.38. The molecule has 4 rings (SSSR count). The van der Waals surface area contributed by atoms with Gasteiger partial charge < -0.3 is 13.9 Å². The van der Waals surface area contributed by atoms with E-state index in [1.807, 2.05) is 36.4 Å². The van der Waals surface area contributed by atoms with E-state index in [2.05, 4.69) is 22.0 Å². The third-order valence-corrected chi connectivity index (χ3v) is 5.12. The summed E-state index contributed by atoms with van der Waals surface area (Å²) in [4.78, 5) is 7.16. The van der Waals surface area contributed by atoms with E-state index in [0.29, 0.717) is 11.9 Å². The highest BCUT2D eigenvalue weighted by molar-refractivity contribution is 5.54. The maximum atomic E-state index is 5.71. The molecule has 1 fully saturated rings. The number of benzene rings is 2. The van der Waals surface area contributed by atoms with E-state index in [4.69, 9.17) is 13.9 Å². The Kier molecular flexibility index (Phi) is 5.12. The predicted octanol–water partition coefficient (Wildman–Crippen LogP) is 4.70. The van der Waals surface area contributed by atoms with Crippen LogP contribution in [0.4, 0.5) is 0 Å². The fourth-order valence-corrected chi connectivity index (χ4v) is 3.67. The number of oxazole rings is 1. The van der Waals surface area contributed by atoms with Gasteiger partial charge in [0.2, 0.25) is 5.89 Å². The van der Waals surface area contributed by atoms with Crippen LogP contribution in [0.3, 0.4) is 0 Å². The normalized spacial score (nSPS) is 17.2. The maximum absolute atomic E-state index is 5.71. The van der Waals surface area contributed by atoms with Gasteiger partial charge in [-0.25, -0.2) is 4.98 Å². The molecule has 1 atom stereocenters. The van der Waals surface area contributed by atoms with E-state index in [1.165, 1.54) is 12.0 Å². The van der Waals surface area contributed by atoms with Gasteiger partial charge in [-0.1, -0.05) is 12.1 Å². The van der Waals surface area contributed by atoms with E-state index in [-0.39, 0.29) is 0 Å². The first-order valence-corrected chi connectivity index (χ1v) is 9.23. The molecular weight excluding hydrogens is 340 g/mol. The van der Waals surface area contributed by atoms with Crippen molar-refractivity contribution in [2.75, 3.05) is 20.8 Å². The molecule has 0 radical (unpaired) electrons. The van der Waals surface area contributed by atoms with E-state index in [1.54, 1.807) is 20.5 Å². The second-order valence-corrected chi connectivity index (χ2v) is 6.77. The number of aromatic nitrogens is 1. The zero-order chi connectivity index (χ0) is 18.6. The van der Waals surface area contributed by atoms with E-state index >= 15 is 0 Å². The molecule has 2 aromatic carbocycles. The van der Waals surface area contributed by atoms with Crippen LogP contribution in [0.1, 0.15) is 30.1 Å². The molecule has 5 nitrogen and oxygen atoms in total. The van der Waals surface area contributed by atoms with Crippen LogP contribution in [0.2, 0.25) is 0 Å². The van der Waals surface area contributed by atoms with Gasteiger partial charge in [0, 0.05) is 18.2 Å². The van der Waals surface area contributed by atoms with Crippen molar-refractivity contribution in [2.24, 2.45) is 0 Å². The van der Waals surface area contributed by atoms with E-state index < -0.39 is 0 Å². The molecule has 1 saturated heterocycles. The van der Waals surface area contributed by atoms with Crippen LogP contribution in [0.25, 0.3) is 11.5 Å². The Morgan fingerprint density at radius 3 is 2.33 bits per heavy atom. The molecule has 2 heterocycles. The van der Waals surface area contributed by atoms with Crippen molar-refractivity contribution < 1.29 is 13.9 Å². The van der Waals surface area contributed by atoms with Crippen LogP contribution >= 0.6 is 0 Å². The van der Waals surface area contributed by atoms with Gasteiger partial charge in [0.05, 0.1) is 19.9 Å². The summed E-state index contributed by atoms with van der Waals surface area (Å²) < 4.78 is 16.2. The second kappa shape index (κ2) is 7.84. The first-order chi connectivity index (χ1) is 13.3. The summed E-state index contributed by atoms with van der Waals surface area (Å²) in [5.74, 6) is 2.36. The molecule has 1 aliphatic heterocycles. The Bertz CT molecular complexity index is 871. The topological polar surface area (TPSA) is 47.7 Å². The second-order valence-electron chi connectivity index (χ2n) is 6.77. The Hall–Kier alpha value is -2.79. The number of nitrogens with zero attached hydrogens (tertiary/aromatic N) is 2. The summed E-state index contributed by atoms with van der Waals surface area (Å²) in [6.07, 6.45) is 4.12. The number of hydrogen-bond donors (Lipinski definition) is 0. The van der Waals surface area contributed by atoms with Gasteiger partial charge in [0.25, 0.3) is 0 Å². The van der Waals surface area contributed by atoms with Crippen molar-refractivity contribution in [3.63, 3.8) is 0 Å². The Balaban J connectivity index is 1.47. The van der Waals surface area contributed by atoms with Crippen LogP contribution < -0.4 is 9.47 Å². The molecule has 3 aromatic rings. The minimum absolute atomic E-state index is 0.414. The lowest BCUT2D eigenvalue weighted by atomic mass is 10.0. The van der Waals surface area contributed by atoms with Gasteiger partial charge in [-0.05, 0) is 61.3 Å². The van der Waals surface area contributed by atoms with Crippen LogP contribution in [0.5, 0.6) is 11.5 Å². The molecule has 0 aliphatic carbocycles. The van der Waals surface area contributed by atoms with Crippen molar-refractivity contribution in [1.82, 2.24) is 9.88 Å². The van der Waals surface area contributed by atoms with Crippen LogP contribution in [-0.2, 0) is 6.54 Å². The van der Waals surface area contributed by atoms with E-state index in [9.17, 15) is 0 Å². The molecule has 0 saturated carbocycles. The van der Waals surface area contributed by atoms with Gasteiger partial charge in [-0.15, -0.1) is 0 Å². The summed E-state index contributed by atoms with van der Waals surface area (Å²) in [5, 5.41) is 0. The first kappa shape index (κ1) is 17.6. The highest BCUT2D eigenvalue weighted by atomic mass is 16.5. The van der Waals surface area contributed by atoms with Crippen molar-refractivity contribution in [2.45, 2.75) is 25.4 Å². The fourth-order valence-electron chi connectivity index (χ4n) is 3.67. The van der Waals surface area contributed by atoms with Crippen LogP contribution in [0.15, 0.2) is 59.2 Å². The quantitative estimate of drug-likeness (QED) is 0.635. The molecule has 27 heavy (non-hydrogen) atoms. The van der Waals surface area contributed by atoms with Crippen molar-refractivity contribution in [3.05, 3.63) is 66.1 Å². The zero-order valence-corrected chi connectivity index (χ0v) is 15.7. The molecular formula is C22H24N2O3. The Morgan fingerprint density at radius 2 is 1.67 bits per heavy atom. The lowest BCUT2D eigenvalue weighted by Gasteiger charge is -2.23. The standard InChI is InChI=1S/C22H24N2O3/c1-25-19-9-5-16(6-10-19)21-4-3-13-24(21)14-18-15-27-22(23-18)17-7-11-20(26-2)12-8-17/h5-12,15,21H,3-4,13-14H2,1-2H3. The minimum atomic E-state index is 0.414. The third kappa shape index (κ3) is 3.83. The largest absolute Gasteiger partial charge is 0.497 e. The molecule has 140 valence electrons. The van der Waals surface area contributed by atoms with Crippen molar-refractivity contribution in [3.8, 4) is 23.0 Å². The van der Waals surface area contributed by atoms with Crippen LogP contribution in [0, 0.1) is 0 Å². The number of methoxy groups -OCH3 is 2. The number of hydrogen-bond acceptors (Lipinski definition) is 5. The molecule has 1 aliphatic rings. The number of rotatable bonds is 6. The molecule has 0 N–H and O–H groups in total. The summed E-state index contributed by atoms with van der Waals surface area (Å²) in [6, 6.07) is 16.6. The summed E-state index contributed by atoms with van der Waals surface area (Å²) in [7, 11) is 3.36. The molecule has 5 heteroatoms.